The number of rotatable bonds is 9. The van der Waals surface area contributed by atoms with E-state index in [1.807, 2.05) is 30.3 Å². The normalized spacial score (nSPS) is 10.6. The summed E-state index contributed by atoms with van der Waals surface area (Å²) in [5.74, 6) is 2.57. The maximum absolute atomic E-state index is 11.8. The third-order valence-electron chi connectivity index (χ3n) is 3.18. The molecular formula is C18H19Cl2NOS2. The Bertz CT molecular complexity index is 653. The highest BCUT2D eigenvalue weighted by Crippen LogP contribution is 2.24. The fourth-order valence-electron chi connectivity index (χ4n) is 1.95. The lowest BCUT2D eigenvalue weighted by atomic mass is 10.2. The van der Waals surface area contributed by atoms with E-state index in [1.165, 1.54) is 4.90 Å². The number of thioether (sulfide) groups is 2. The average molecular weight is 400 g/mol. The summed E-state index contributed by atoms with van der Waals surface area (Å²) in [6.45, 7) is 0.671. The van der Waals surface area contributed by atoms with Crippen molar-refractivity contribution >= 4 is 52.6 Å². The van der Waals surface area contributed by atoms with Gasteiger partial charge in [0.2, 0.25) is 5.91 Å². The van der Waals surface area contributed by atoms with Crippen LogP contribution in [0, 0.1) is 0 Å². The van der Waals surface area contributed by atoms with E-state index in [2.05, 4.69) is 17.4 Å². The van der Waals surface area contributed by atoms with Crippen molar-refractivity contribution in [2.45, 2.75) is 17.1 Å². The van der Waals surface area contributed by atoms with Gasteiger partial charge in [-0.25, -0.2) is 0 Å². The van der Waals surface area contributed by atoms with Gasteiger partial charge in [-0.05, 0) is 29.8 Å². The first kappa shape index (κ1) is 19.5. The smallest absolute Gasteiger partial charge is 0.220 e. The van der Waals surface area contributed by atoms with Crippen molar-refractivity contribution < 1.29 is 4.79 Å². The Morgan fingerprint density at radius 3 is 2.58 bits per heavy atom. The first-order valence-corrected chi connectivity index (χ1v) is 10.5. The van der Waals surface area contributed by atoms with E-state index >= 15 is 0 Å². The van der Waals surface area contributed by atoms with Gasteiger partial charge in [-0.2, -0.15) is 11.8 Å². The quantitative estimate of drug-likeness (QED) is 0.444. The lowest BCUT2D eigenvalue weighted by Crippen LogP contribution is -2.25. The van der Waals surface area contributed by atoms with Crippen molar-refractivity contribution in [3.05, 3.63) is 64.1 Å². The van der Waals surface area contributed by atoms with Crippen LogP contribution < -0.4 is 5.32 Å². The van der Waals surface area contributed by atoms with Gasteiger partial charge < -0.3 is 5.32 Å². The van der Waals surface area contributed by atoms with Gasteiger partial charge in [0.15, 0.2) is 0 Å². The Morgan fingerprint density at radius 1 is 1.04 bits per heavy atom. The molecule has 2 aromatic rings. The molecule has 6 heteroatoms. The predicted octanol–water partition coefficient (Wildman–Crippen LogP) is 5.53. The topological polar surface area (TPSA) is 29.1 Å². The second-order valence-corrected chi connectivity index (χ2v) is 8.17. The molecule has 128 valence electrons. The van der Waals surface area contributed by atoms with Crippen molar-refractivity contribution in [1.82, 2.24) is 5.32 Å². The number of nitrogens with one attached hydrogen (secondary N) is 1. The van der Waals surface area contributed by atoms with E-state index in [1.54, 1.807) is 29.6 Å². The maximum atomic E-state index is 11.8. The number of hydrogen-bond donors (Lipinski definition) is 1. The van der Waals surface area contributed by atoms with Crippen LogP contribution in [0.1, 0.15) is 12.0 Å². The minimum atomic E-state index is 0.101. The maximum Gasteiger partial charge on any atom is 0.220 e. The molecule has 0 saturated carbocycles. The van der Waals surface area contributed by atoms with Crippen molar-refractivity contribution in [2.24, 2.45) is 0 Å². The summed E-state index contributed by atoms with van der Waals surface area (Å²) in [5, 5.41) is 4.29. The summed E-state index contributed by atoms with van der Waals surface area (Å²) < 4.78 is 0. The minimum Gasteiger partial charge on any atom is -0.355 e. The fraction of sp³-hybridized carbons (Fsp3) is 0.278. The van der Waals surface area contributed by atoms with Crippen molar-refractivity contribution in [3.63, 3.8) is 0 Å². The Morgan fingerprint density at radius 2 is 1.83 bits per heavy atom. The molecule has 0 aliphatic rings. The van der Waals surface area contributed by atoms with Gasteiger partial charge in [-0.15, -0.1) is 11.8 Å². The van der Waals surface area contributed by atoms with E-state index in [0.29, 0.717) is 23.0 Å². The predicted molar refractivity (Wildman–Crippen MR) is 107 cm³/mol. The highest BCUT2D eigenvalue weighted by atomic mass is 35.5. The second-order valence-electron chi connectivity index (χ2n) is 5.05. The zero-order valence-electron chi connectivity index (χ0n) is 13.1. The summed E-state index contributed by atoms with van der Waals surface area (Å²) in [6.07, 6.45) is 0.535. The van der Waals surface area contributed by atoms with Crippen LogP contribution in [0.2, 0.25) is 10.0 Å². The SMILES string of the molecule is O=C(CCSc1ccccc1)NCCSCc1ccc(Cl)cc1Cl. The van der Waals surface area contributed by atoms with Crippen LogP contribution in [0.5, 0.6) is 0 Å². The molecule has 0 atom stereocenters. The number of carbonyl (C=O) groups excluding carboxylic acids is 1. The molecule has 2 aromatic carbocycles. The molecule has 0 unspecified atom stereocenters. The van der Waals surface area contributed by atoms with E-state index in [4.69, 9.17) is 23.2 Å². The Kier molecular flexibility index (Phi) is 8.89. The minimum absolute atomic E-state index is 0.101. The number of halogens is 2. The molecular weight excluding hydrogens is 381 g/mol. The largest absolute Gasteiger partial charge is 0.355 e. The molecule has 24 heavy (non-hydrogen) atoms. The van der Waals surface area contributed by atoms with Gasteiger partial charge in [0.05, 0.1) is 0 Å². The van der Waals surface area contributed by atoms with Gasteiger partial charge >= 0.3 is 0 Å². The molecule has 0 fully saturated rings. The third-order valence-corrected chi connectivity index (χ3v) is 5.79. The van der Waals surface area contributed by atoms with Crippen molar-refractivity contribution in [2.75, 3.05) is 18.1 Å². The van der Waals surface area contributed by atoms with Gasteiger partial charge in [0.1, 0.15) is 0 Å². The van der Waals surface area contributed by atoms with Crippen LogP contribution in [-0.2, 0) is 10.5 Å². The van der Waals surface area contributed by atoms with Crippen LogP contribution in [0.4, 0.5) is 0 Å². The Hall–Kier alpha value is -0.810. The number of hydrogen-bond acceptors (Lipinski definition) is 3. The lowest BCUT2D eigenvalue weighted by molar-refractivity contribution is -0.120. The van der Waals surface area contributed by atoms with Gasteiger partial charge in [0.25, 0.3) is 0 Å². The van der Waals surface area contributed by atoms with Gasteiger partial charge in [-0.1, -0.05) is 47.5 Å². The first-order valence-electron chi connectivity index (χ1n) is 7.61. The van der Waals surface area contributed by atoms with Gasteiger partial charge in [0, 0.05) is 45.2 Å². The zero-order valence-corrected chi connectivity index (χ0v) is 16.3. The molecule has 0 heterocycles. The van der Waals surface area contributed by atoms with E-state index in [9.17, 15) is 4.79 Å². The van der Waals surface area contributed by atoms with E-state index in [0.717, 1.165) is 22.8 Å². The number of amides is 1. The van der Waals surface area contributed by atoms with Crippen LogP contribution in [0.3, 0.4) is 0 Å². The zero-order chi connectivity index (χ0) is 17.2. The molecule has 1 amide bonds. The van der Waals surface area contributed by atoms with E-state index in [-0.39, 0.29) is 5.91 Å². The van der Waals surface area contributed by atoms with Crippen molar-refractivity contribution in [1.29, 1.82) is 0 Å². The fourth-order valence-corrected chi connectivity index (χ4v) is 4.24. The van der Waals surface area contributed by atoms with Gasteiger partial charge in [-0.3, -0.25) is 4.79 Å². The van der Waals surface area contributed by atoms with Crippen molar-refractivity contribution in [3.8, 4) is 0 Å². The standard InChI is InChI=1S/C18H19Cl2NOS2/c19-15-7-6-14(17(20)12-15)13-23-11-9-21-18(22)8-10-24-16-4-2-1-3-5-16/h1-7,12H,8-11,13H2,(H,21,22). The molecule has 0 aliphatic carbocycles. The molecule has 0 spiro atoms. The van der Waals surface area contributed by atoms with E-state index < -0.39 is 0 Å². The number of carbonyl (C=O) groups is 1. The third kappa shape index (κ3) is 7.39. The highest BCUT2D eigenvalue weighted by Gasteiger charge is 2.03. The summed E-state index contributed by atoms with van der Waals surface area (Å²) in [6, 6.07) is 15.7. The molecule has 2 rings (SSSR count). The molecule has 1 N–H and O–H groups in total. The summed E-state index contributed by atoms with van der Waals surface area (Å²) in [7, 11) is 0. The second kappa shape index (κ2) is 10.9. The summed E-state index contributed by atoms with van der Waals surface area (Å²) in [4.78, 5) is 13.0. The molecule has 2 nitrogen and oxygen atoms in total. The monoisotopic (exact) mass is 399 g/mol. The average Bonchev–Trinajstić information content (AvgIpc) is 2.57. The van der Waals surface area contributed by atoms with Crippen LogP contribution >= 0.6 is 46.7 Å². The van der Waals surface area contributed by atoms with Crippen LogP contribution in [0.15, 0.2) is 53.4 Å². The number of benzene rings is 2. The van der Waals surface area contributed by atoms with Crippen LogP contribution in [0.25, 0.3) is 0 Å². The molecule has 0 aromatic heterocycles. The first-order chi connectivity index (χ1) is 11.6. The Balaban J connectivity index is 1.54. The summed E-state index contributed by atoms with van der Waals surface area (Å²) >= 11 is 15.4. The molecule has 0 aliphatic heterocycles. The molecule has 0 bridgehead atoms. The highest BCUT2D eigenvalue weighted by molar-refractivity contribution is 7.99. The lowest BCUT2D eigenvalue weighted by Gasteiger charge is -2.07. The molecule has 0 radical (unpaired) electrons. The molecule has 0 saturated heterocycles. The Labute approximate surface area is 161 Å². The van der Waals surface area contributed by atoms with Crippen LogP contribution in [-0.4, -0.2) is 24.0 Å². The summed E-state index contributed by atoms with van der Waals surface area (Å²) in [5.41, 5.74) is 1.07.